The first kappa shape index (κ1) is 19.3. The molecule has 1 amide bonds. The van der Waals surface area contributed by atoms with Gasteiger partial charge in [0.25, 0.3) is 0 Å². The minimum atomic E-state index is -4.03. The molecule has 150 valence electrons. The van der Waals surface area contributed by atoms with Crippen molar-refractivity contribution >= 4 is 28.0 Å². The summed E-state index contributed by atoms with van der Waals surface area (Å²) in [4.78, 5) is 38.0. The lowest BCUT2D eigenvalue weighted by Crippen LogP contribution is -2.58. The van der Waals surface area contributed by atoms with Gasteiger partial charge in [0.2, 0.25) is 5.91 Å². The molecule has 2 heterocycles. The Kier molecular flexibility index (Phi) is 4.53. The smallest absolute Gasteiger partial charge is 0.331 e. The van der Waals surface area contributed by atoms with Gasteiger partial charge in [0.1, 0.15) is 11.7 Å². The average Bonchev–Trinajstić information content (AvgIpc) is 2.88. The van der Waals surface area contributed by atoms with E-state index in [1.165, 1.54) is 6.92 Å². The number of fused-ring (bicyclic) bond motifs is 1. The summed E-state index contributed by atoms with van der Waals surface area (Å²) in [5, 5.41) is -1.16. The van der Waals surface area contributed by atoms with Gasteiger partial charge in [0.15, 0.2) is 26.7 Å². The normalized spacial score (nSPS) is 27.2. The maximum atomic E-state index is 13.2. The first-order valence-corrected chi connectivity index (χ1v) is 10.7. The van der Waals surface area contributed by atoms with Gasteiger partial charge < -0.3 is 14.4 Å². The van der Waals surface area contributed by atoms with Crippen molar-refractivity contribution in [3.05, 3.63) is 71.8 Å². The molecular formula is C21H19NO6S. The zero-order chi connectivity index (χ0) is 20.8. The van der Waals surface area contributed by atoms with Crippen LogP contribution in [0.3, 0.4) is 0 Å². The van der Waals surface area contributed by atoms with Gasteiger partial charge in [-0.25, -0.2) is 13.2 Å². The Morgan fingerprint density at radius 2 is 1.62 bits per heavy atom. The van der Waals surface area contributed by atoms with Crippen LogP contribution in [0, 0.1) is 0 Å². The number of carbonyl (C=O) groups is 3. The van der Waals surface area contributed by atoms with Crippen LogP contribution >= 0.6 is 0 Å². The van der Waals surface area contributed by atoms with Crippen LogP contribution in [-0.4, -0.2) is 47.6 Å². The number of ether oxygens (including phenoxy) is 1. The zero-order valence-electron chi connectivity index (χ0n) is 15.6. The average molecular weight is 413 g/mol. The van der Waals surface area contributed by atoms with Crippen molar-refractivity contribution in [3.63, 3.8) is 0 Å². The molecular weight excluding hydrogens is 394 g/mol. The monoisotopic (exact) mass is 413 g/mol. The molecule has 2 saturated heterocycles. The molecule has 29 heavy (non-hydrogen) atoms. The molecule has 0 spiro atoms. The van der Waals surface area contributed by atoms with Crippen LogP contribution in [-0.2, 0) is 29.0 Å². The fraction of sp³-hybridized carbons (Fsp3) is 0.286. The highest BCUT2D eigenvalue weighted by Crippen LogP contribution is 2.46. The van der Waals surface area contributed by atoms with Gasteiger partial charge in [-0.15, -0.1) is 0 Å². The Morgan fingerprint density at radius 1 is 1.10 bits per heavy atom. The van der Waals surface area contributed by atoms with Gasteiger partial charge >= 0.3 is 5.97 Å². The van der Waals surface area contributed by atoms with E-state index in [1.54, 1.807) is 48.5 Å². The molecule has 0 aromatic heterocycles. The van der Waals surface area contributed by atoms with Crippen LogP contribution in [0.5, 0.6) is 0 Å². The van der Waals surface area contributed by atoms with E-state index in [9.17, 15) is 22.8 Å². The summed E-state index contributed by atoms with van der Waals surface area (Å²) in [6.45, 7) is 1.17. The third-order valence-electron chi connectivity index (χ3n) is 5.64. The zero-order valence-corrected chi connectivity index (χ0v) is 16.4. The summed E-state index contributed by atoms with van der Waals surface area (Å²) >= 11 is 0. The standard InChI is InChI=1S/C21H19NO6S/c1-21(13-23)19(22-16(24)12-17(22)29(21,26)27)20(25)28-18(14-8-4-2-5-9-14)15-10-6-3-7-11-15/h2-11,13,17-19H,12H2,1H3. The number of esters is 1. The lowest BCUT2D eigenvalue weighted by molar-refractivity contribution is -0.164. The molecule has 4 rings (SSSR count). The highest BCUT2D eigenvalue weighted by atomic mass is 32.2. The molecule has 3 unspecified atom stereocenters. The van der Waals surface area contributed by atoms with E-state index in [0.717, 1.165) is 4.90 Å². The summed E-state index contributed by atoms with van der Waals surface area (Å²) in [7, 11) is -4.03. The van der Waals surface area contributed by atoms with E-state index in [2.05, 4.69) is 0 Å². The van der Waals surface area contributed by atoms with E-state index in [-0.39, 0.29) is 12.7 Å². The molecule has 3 atom stereocenters. The molecule has 2 aromatic carbocycles. The van der Waals surface area contributed by atoms with Gasteiger partial charge in [0.05, 0.1) is 6.42 Å². The van der Waals surface area contributed by atoms with E-state index < -0.39 is 44.0 Å². The van der Waals surface area contributed by atoms with E-state index in [0.29, 0.717) is 11.1 Å². The van der Waals surface area contributed by atoms with Crippen LogP contribution in [0.25, 0.3) is 0 Å². The summed E-state index contributed by atoms with van der Waals surface area (Å²) in [5.74, 6) is -1.40. The first-order chi connectivity index (χ1) is 13.8. The molecule has 0 saturated carbocycles. The number of aldehydes is 1. The second-order valence-corrected chi connectivity index (χ2v) is 9.86. The Labute approximate surface area is 168 Å². The van der Waals surface area contributed by atoms with Crippen molar-refractivity contribution in [2.45, 2.75) is 35.6 Å². The number of rotatable bonds is 5. The van der Waals surface area contributed by atoms with Crippen molar-refractivity contribution < 1.29 is 27.5 Å². The predicted octanol–water partition coefficient (Wildman–Crippen LogP) is 1.63. The number of carbonyl (C=O) groups excluding carboxylic acids is 3. The molecule has 0 aliphatic carbocycles. The van der Waals surface area contributed by atoms with Crippen molar-refractivity contribution in [2.24, 2.45) is 0 Å². The van der Waals surface area contributed by atoms with Crippen LogP contribution in [0.2, 0.25) is 0 Å². The van der Waals surface area contributed by atoms with E-state index in [4.69, 9.17) is 4.74 Å². The molecule has 2 aliphatic rings. The molecule has 2 fully saturated rings. The lowest BCUT2D eigenvalue weighted by Gasteiger charge is -2.36. The first-order valence-electron chi connectivity index (χ1n) is 9.12. The fourth-order valence-electron chi connectivity index (χ4n) is 3.94. The van der Waals surface area contributed by atoms with Crippen LogP contribution in [0.4, 0.5) is 0 Å². The number of hydrogen-bond acceptors (Lipinski definition) is 6. The van der Waals surface area contributed by atoms with Crippen LogP contribution in [0.1, 0.15) is 30.6 Å². The van der Waals surface area contributed by atoms with Crippen molar-refractivity contribution in [2.75, 3.05) is 0 Å². The predicted molar refractivity (Wildman–Crippen MR) is 103 cm³/mol. The van der Waals surface area contributed by atoms with Gasteiger partial charge in [-0.05, 0) is 18.1 Å². The largest absolute Gasteiger partial charge is 0.451 e. The molecule has 2 aromatic rings. The minimum absolute atomic E-state index is 0.226. The Balaban J connectivity index is 1.73. The van der Waals surface area contributed by atoms with Gasteiger partial charge in [-0.1, -0.05) is 60.7 Å². The van der Waals surface area contributed by atoms with Crippen molar-refractivity contribution in [3.8, 4) is 0 Å². The molecule has 0 N–H and O–H groups in total. The third-order valence-corrected chi connectivity index (χ3v) is 8.29. The maximum absolute atomic E-state index is 13.2. The van der Waals surface area contributed by atoms with Gasteiger partial charge in [0, 0.05) is 0 Å². The quantitative estimate of drug-likeness (QED) is 0.420. The molecule has 7 nitrogen and oxygen atoms in total. The topological polar surface area (TPSA) is 97.8 Å². The highest BCUT2D eigenvalue weighted by molar-refractivity contribution is 7.94. The Bertz CT molecular complexity index is 1030. The number of β-lactam (4-membered cyclic amide) rings is 1. The second kappa shape index (κ2) is 6.81. The molecule has 0 bridgehead atoms. The van der Waals surface area contributed by atoms with Crippen molar-refractivity contribution in [1.82, 2.24) is 4.90 Å². The maximum Gasteiger partial charge on any atom is 0.331 e. The molecule has 8 heteroatoms. The van der Waals surface area contributed by atoms with Crippen molar-refractivity contribution in [1.29, 1.82) is 0 Å². The Morgan fingerprint density at radius 3 is 2.07 bits per heavy atom. The number of benzene rings is 2. The lowest BCUT2D eigenvalue weighted by atomic mass is 9.97. The number of amides is 1. The summed E-state index contributed by atoms with van der Waals surface area (Å²) in [5.41, 5.74) is 1.37. The second-order valence-electron chi connectivity index (χ2n) is 7.35. The SMILES string of the molecule is CC1(C=O)C(C(=O)OC(c2ccccc2)c2ccccc2)N2C(=O)CC2S1(=O)=O. The van der Waals surface area contributed by atoms with E-state index in [1.807, 2.05) is 12.1 Å². The minimum Gasteiger partial charge on any atom is -0.451 e. The molecule has 2 aliphatic heterocycles. The van der Waals surface area contributed by atoms with Crippen LogP contribution < -0.4 is 0 Å². The number of nitrogens with zero attached hydrogens (tertiary/aromatic N) is 1. The van der Waals surface area contributed by atoms with Gasteiger partial charge in [-0.2, -0.15) is 0 Å². The number of hydrogen-bond donors (Lipinski definition) is 0. The Hall–Kier alpha value is -3.00. The van der Waals surface area contributed by atoms with Crippen LogP contribution in [0.15, 0.2) is 60.7 Å². The molecule has 0 radical (unpaired) electrons. The third kappa shape index (κ3) is 2.78. The fourth-order valence-corrected chi connectivity index (χ4v) is 6.08. The summed E-state index contributed by atoms with van der Waals surface area (Å²) in [6.07, 6.45) is -0.796. The summed E-state index contributed by atoms with van der Waals surface area (Å²) < 4.78 is 29.2. The van der Waals surface area contributed by atoms with Gasteiger partial charge in [-0.3, -0.25) is 4.79 Å². The number of sulfone groups is 1. The highest BCUT2D eigenvalue weighted by Gasteiger charge is 2.70. The summed E-state index contributed by atoms with van der Waals surface area (Å²) in [6, 6.07) is 16.5. The van der Waals surface area contributed by atoms with E-state index >= 15 is 0 Å².